The largest absolute Gasteiger partial charge is 0.457 e. The number of ether oxygens (including phenoxy) is 1. The average Bonchev–Trinajstić information content (AvgIpc) is 2.51. The molecule has 0 aliphatic rings. The van der Waals surface area contributed by atoms with Crippen molar-refractivity contribution in [3.05, 3.63) is 72.8 Å². The zero-order valence-corrected chi connectivity index (χ0v) is 11.5. The van der Waals surface area contributed by atoms with E-state index >= 15 is 0 Å². The predicted molar refractivity (Wildman–Crippen MR) is 87.2 cm³/mol. The van der Waals surface area contributed by atoms with Crippen molar-refractivity contribution in [3.8, 4) is 22.6 Å². The minimum atomic E-state index is 0.717. The molecule has 0 atom stereocenters. The molecule has 3 nitrogen and oxygen atoms in total. The van der Waals surface area contributed by atoms with E-state index in [0.29, 0.717) is 5.69 Å². The van der Waals surface area contributed by atoms with Crippen molar-refractivity contribution < 1.29 is 4.74 Å². The third-order valence-corrected chi connectivity index (χ3v) is 3.22. The first-order valence-corrected chi connectivity index (χ1v) is 6.71. The number of rotatable bonds is 3. The Morgan fingerprint density at radius 1 is 0.619 bits per heavy atom. The highest BCUT2D eigenvalue weighted by Gasteiger charge is 2.06. The molecule has 0 aromatic heterocycles. The first-order chi connectivity index (χ1) is 10.2. The van der Waals surface area contributed by atoms with Crippen LogP contribution in [0.5, 0.6) is 11.5 Å². The standard InChI is InChI=1S/C18H16N2O/c19-14-7-5-13(6-8-14)17-3-1-2-4-18(17)21-16-11-9-15(20)10-12-16/h1-12H,19-20H2. The van der Waals surface area contributed by atoms with Crippen LogP contribution in [-0.2, 0) is 0 Å². The Balaban J connectivity index is 1.96. The SMILES string of the molecule is Nc1ccc(Oc2ccccc2-c2ccc(N)cc2)cc1. The monoisotopic (exact) mass is 276 g/mol. The van der Waals surface area contributed by atoms with Crippen molar-refractivity contribution in [3.63, 3.8) is 0 Å². The van der Waals surface area contributed by atoms with E-state index in [2.05, 4.69) is 0 Å². The topological polar surface area (TPSA) is 61.3 Å². The first kappa shape index (κ1) is 13.1. The van der Waals surface area contributed by atoms with Gasteiger partial charge in [-0.05, 0) is 48.0 Å². The molecule has 3 aromatic rings. The summed E-state index contributed by atoms with van der Waals surface area (Å²) in [5.41, 5.74) is 15.0. The van der Waals surface area contributed by atoms with Gasteiger partial charge in [0, 0.05) is 16.9 Å². The molecule has 0 radical (unpaired) electrons. The van der Waals surface area contributed by atoms with Gasteiger partial charge in [0.25, 0.3) is 0 Å². The molecule has 0 saturated carbocycles. The fourth-order valence-electron chi connectivity index (χ4n) is 2.12. The van der Waals surface area contributed by atoms with E-state index in [1.165, 1.54) is 0 Å². The van der Waals surface area contributed by atoms with Gasteiger partial charge < -0.3 is 16.2 Å². The van der Waals surface area contributed by atoms with Crippen LogP contribution in [0.3, 0.4) is 0 Å². The van der Waals surface area contributed by atoms with E-state index in [1.54, 1.807) is 0 Å². The van der Waals surface area contributed by atoms with Crippen molar-refractivity contribution in [2.45, 2.75) is 0 Å². The summed E-state index contributed by atoms with van der Waals surface area (Å²) in [6.07, 6.45) is 0. The van der Waals surface area contributed by atoms with Gasteiger partial charge in [-0.25, -0.2) is 0 Å². The number of nitrogen functional groups attached to an aromatic ring is 2. The second kappa shape index (κ2) is 5.59. The van der Waals surface area contributed by atoms with Crippen molar-refractivity contribution in [1.29, 1.82) is 0 Å². The molecule has 0 amide bonds. The van der Waals surface area contributed by atoms with Crippen molar-refractivity contribution >= 4 is 11.4 Å². The van der Waals surface area contributed by atoms with Gasteiger partial charge in [-0.1, -0.05) is 30.3 Å². The molecule has 4 N–H and O–H groups in total. The quantitative estimate of drug-likeness (QED) is 0.701. The molecule has 0 aliphatic heterocycles. The van der Waals surface area contributed by atoms with Gasteiger partial charge in [0.05, 0.1) is 0 Å². The summed E-state index contributed by atoms with van der Waals surface area (Å²) < 4.78 is 5.96. The molecule has 0 saturated heterocycles. The van der Waals surface area contributed by atoms with E-state index < -0.39 is 0 Å². The second-order valence-corrected chi connectivity index (χ2v) is 4.79. The molecule has 0 unspecified atom stereocenters. The Kier molecular flexibility index (Phi) is 3.48. The van der Waals surface area contributed by atoms with Gasteiger partial charge in [0.15, 0.2) is 0 Å². The van der Waals surface area contributed by atoms with Crippen LogP contribution in [-0.4, -0.2) is 0 Å². The van der Waals surface area contributed by atoms with E-state index in [9.17, 15) is 0 Å². The molecule has 0 bridgehead atoms. The first-order valence-electron chi connectivity index (χ1n) is 6.71. The molecule has 104 valence electrons. The van der Waals surface area contributed by atoms with Crippen LogP contribution in [0.15, 0.2) is 72.8 Å². The summed E-state index contributed by atoms with van der Waals surface area (Å²) in [5.74, 6) is 1.55. The predicted octanol–water partition coefficient (Wildman–Crippen LogP) is 4.31. The lowest BCUT2D eigenvalue weighted by molar-refractivity contribution is 0.484. The Bertz CT molecular complexity index is 734. The van der Waals surface area contributed by atoms with Crippen LogP contribution in [0.4, 0.5) is 11.4 Å². The molecule has 0 spiro atoms. The van der Waals surface area contributed by atoms with E-state index in [1.807, 2.05) is 72.8 Å². The highest BCUT2D eigenvalue weighted by atomic mass is 16.5. The van der Waals surface area contributed by atoms with Crippen LogP contribution < -0.4 is 16.2 Å². The molecule has 0 aliphatic carbocycles. The van der Waals surface area contributed by atoms with Gasteiger partial charge >= 0.3 is 0 Å². The number of hydrogen-bond donors (Lipinski definition) is 2. The highest BCUT2D eigenvalue weighted by molar-refractivity contribution is 5.72. The van der Waals surface area contributed by atoms with Crippen molar-refractivity contribution in [1.82, 2.24) is 0 Å². The fourth-order valence-corrected chi connectivity index (χ4v) is 2.12. The Morgan fingerprint density at radius 2 is 1.19 bits per heavy atom. The van der Waals surface area contributed by atoms with Crippen LogP contribution in [0.2, 0.25) is 0 Å². The Labute approximate surface area is 123 Å². The summed E-state index contributed by atoms with van der Waals surface area (Å²) in [7, 11) is 0. The lowest BCUT2D eigenvalue weighted by Gasteiger charge is -2.11. The highest BCUT2D eigenvalue weighted by Crippen LogP contribution is 2.33. The number of hydrogen-bond acceptors (Lipinski definition) is 3. The maximum absolute atomic E-state index is 5.96. The van der Waals surface area contributed by atoms with Gasteiger partial charge in [-0.2, -0.15) is 0 Å². The van der Waals surface area contributed by atoms with Crippen LogP contribution in [0, 0.1) is 0 Å². The van der Waals surface area contributed by atoms with Gasteiger partial charge in [-0.3, -0.25) is 0 Å². The van der Waals surface area contributed by atoms with Crippen LogP contribution in [0.1, 0.15) is 0 Å². The average molecular weight is 276 g/mol. The van der Waals surface area contributed by atoms with E-state index in [4.69, 9.17) is 16.2 Å². The molecule has 0 heterocycles. The van der Waals surface area contributed by atoms with Gasteiger partial charge in [-0.15, -0.1) is 0 Å². The summed E-state index contributed by atoms with van der Waals surface area (Å²) in [6.45, 7) is 0. The maximum atomic E-state index is 5.96. The van der Waals surface area contributed by atoms with Crippen LogP contribution >= 0.6 is 0 Å². The summed E-state index contributed by atoms with van der Waals surface area (Å²) in [5, 5.41) is 0. The minimum absolute atomic E-state index is 0.717. The van der Waals surface area contributed by atoms with Crippen LogP contribution in [0.25, 0.3) is 11.1 Å². The van der Waals surface area contributed by atoms with E-state index in [-0.39, 0.29) is 0 Å². The van der Waals surface area contributed by atoms with Crippen molar-refractivity contribution in [2.24, 2.45) is 0 Å². The van der Waals surface area contributed by atoms with Crippen molar-refractivity contribution in [2.75, 3.05) is 11.5 Å². The molecule has 21 heavy (non-hydrogen) atoms. The number of para-hydroxylation sites is 1. The number of nitrogens with two attached hydrogens (primary N) is 2. The maximum Gasteiger partial charge on any atom is 0.135 e. The summed E-state index contributed by atoms with van der Waals surface area (Å²) in [6, 6.07) is 23.0. The minimum Gasteiger partial charge on any atom is -0.457 e. The lowest BCUT2D eigenvalue weighted by Crippen LogP contribution is -1.90. The third-order valence-electron chi connectivity index (χ3n) is 3.22. The van der Waals surface area contributed by atoms with E-state index in [0.717, 1.165) is 28.3 Å². The fraction of sp³-hybridized carbons (Fsp3) is 0. The summed E-state index contributed by atoms with van der Waals surface area (Å²) >= 11 is 0. The molecular formula is C18H16N2O. The zero-order valence-electron chi connectivity index (χ0n) is 11.5. The smallest absolute Gasteiger partial charge is 0.135 e. The molecular weight excluding hydrogens is 260 g/mol. The molecule has 3 aromatic carbocycles. The normalized spacial score (nSPS) is 10.3. The third kappa shape index (κ3) is 2.98. The van der Waals surface area contributed by atoms with Gasteiger partial charge in [0.1, 0.15) is 11.5 Å². The number of anilines is 2. The Morgan fingerprint density at radius 3 is 1.86 bits per heavy atom. The molecule has 3 rings (SSSR count). The second-order valence-electron chi connectivity index (χ2n) is 4.79. The Hall–Kier alpha value is -2.94. The number of benzene rings is 3. The molecule has 0 fully saturated rings. The lowest BCUT2D eigenvalue weighted by atomic mass is 10.0. The summed E-state index contributed by atoms with van der Waals surface area (Å²) in [4.78, 5) is 0. The van der Waals surface area contributed by atoms with Gasteiger partial charge in [0.2, 0.25) is 0 Å². The molecule has 3 heteroatoms. The zero-order chi connectivity index (χ0) is 14.7.